The lowest BCUT2D eigenvalue weighted by molar-refractivity contribution is 0.0936. The fourth-order valence-electron chi connectivity index (χ4n) is 2.59. The monoisotopic (exact) mass is 363 g/mol. The molecule has 1 amide bonds. The Balaban J connectivity index is 1.81. The van der Waals surface area contributed by atoms with Gasteiger partial charge in [-0.1, -0.05) is 36.4 Å². The molecule has 0 spiro atoms. The first-order valence-electron chi connectivity index (χ1n) is 6.39. The third-order valence-electron chi connectivity index (χ3n) is 3.56. The van der Waals surface area contributed by atoms with Crippen LogP contribution in [0.2, 0.25) is 0 Å². The second-order valence-corrected chi connectivity index (χ2v) is 5.91. The van der Waals surface area contributed by atoms with Crippen LogP contribution in [0.4, 0.5) is 0 Å². The minimum atomic E-state index is 0.0201. The summed E-state index contributed by atoms with van der Waals surface area (Å²) in [6.45, 7) is 0. The molecule has 3 heteroatoms. The van der Waals surface area contributed by atoms with Gasteiger partial charge in [-0.3, -0.25) is 4.79 Å². The van der Waals surface area contributed by atoms with E-state index in [1.165, 1.54) is 11.1 Å². The van der Waals surface area contributed by atoms with E-state index in [9.17, 15) is 4.79 Å². The predicted molar refractivity (Wildman–Crippen MR) is 84.1 cm³/mol. The molecule has 19 heavy (non-hydrogen) atoms. The second-order valence-electron chi connectivity index (χ2n) is 4.74. The topological polar surface area (TPSA) is 29.1 Å². The number of benzene rings is 2. The van der Waals surface area contributed by atoms with Gasteiger partial charge in [-0.25, -0.2) is 0 Å². The summed E-state index contributed by atoms with van der Waals surface area (Å²) in [6, 6.07) is 16.2. The Kier molecular flexibility index (Phi) is 3.55. The summed E-state index contributed by atoms with van der Waals surface area (Å²) in [7, 11) is 0. The molecule has 0 aromatic heterocycles. The zero-order valence-electron chi connectivity index (χ0n) is 10.4. The van der Waals surface area contributed by atoms with Crippen molar-refractivity contribution in [3.05, 3.63) is 68.8 Å². The summed E-state index contributed by atoms with van der Waals surface area (Å²) >= 11 is 2.20. The average molecular weight is 363 g/mol. The molecule has 0 bridgehead atoms. The first-order valence-corrected chi connectivity index (χ1v) is 7.47. The van der Waals surface area contributed by atoms with Gasteiger partial charge in [-0.15, -0.1) is 0 Å². The maximum absolute atomic E-state index is 12.3. The Labute approximate surface area is 126 Å². The van der Waals surface area contributed by atoms with Crippen LogP contribution in [-0.4, -0.2) is 5.91 Å². The number of hydrogen-bond donors (Lipinski definition) is 1. The third-order valence-corrected chi connectivity index (χ3v) is 4.50. The van der Waals surface area contributed by atoms with Crippen molar-refractivity contribution in [1.29, 1.82) is 0 Å². The van der Waals surface area contributed by atoms with E-state index in [2.05, 4.69) is 46.1 Å². The molecule has 1 atom stereocenters. The molecular weight excluding hydrogens is 349 g/mol. The molecule has 2 aromatic carbocycles. The van der Waals surface area contributed by atoms with Crippen molar-refractivity contribution >= 4 is 28.5 Å². The Morgan fingerprint density at radius 2 is 1.84 bits per heavy atom. The highest BCUT2D eigenvalue weighted by Crippen LogP contribution is 2.31. The van der Waals surface area contributed by atoms with Crippen LogP contribution in [-0.2, 0) is 6.42 Å². The van der Waals surface area contributed by atoms with Crippen molar-refractivity contribution in [2.45, 2.75) is 18.9 Å². The van der Waals surface area contributed by atoms with Gasteiger partial charge in [0, 0.05) is 3.57 Å². The fourth-order valence-corrected chi connectivity index (χ4v) is 3.22. The van der Waals surface area contributed by atoms with Crippen molar-refractivity contribution in [2.75, 3.05) is 0 Å². The highest BCUT2D eigenvalue weighted by molar-refractivity contribution is 14.1. The number of fused-ring (bicyclic) bond motifs is 1. The van der Waals surface area contributed by atoms with E-state index in [0.29, 0.717) is 0 Å². The Hall–Kier alpha value is -1.36. The first kappa shape index (κ1) is 12.7. The normalized spacial score (nSPS) is 17.0. The van der Waals surface area contributed by atoms with Gasteiger partial charge in [0.2, 0.25) is 0 Å². The Bertz CT molecular complexity index is 624. The highest BCUT2D eigenvalue weighted by atomic mass is 127. The number of nitrogens with one attached hydrogen (secondary N) is 1. The SMILES string of the molecule is O=C(N[C@@H]1CCc2ccccc21)c1ccccc1I. The Morgan fingerprint density at radius 1 is 1.11 bits per heavy atom. The van der Waals surface area contributed by atoms with E-state index in [0.717, 1.165) is 22.0 Å². The largest absolute Gasteiger partial charge is 0.345 e. The van der Waals surface area contributed by atoms with Gasteiger partial charge in [-0.2, -0.15) is 0 Å². The molecule has 0 radical (unpaired) electrons. The van der Waals surface area contributed by atoms with Crippen molar-refractivity contribution in [3.63, 3.8) is 0 Å². The van der Waals surface area contributed by atoms with Gasteiger partial charge < -0.3 is 5.32 Å². The zero-order valence-corrected chi connectivity index (χ0v) is 12.6. The second kappa shape index (κ2) is 5.33. The van der Waals surface area contributed by atoms with Gasteiger partial charge in [-0.05, 0) is 58.7 Å². The lowest BCUT2D eigenvalue weighted by atomic mass is 10.1. The molecule has 3 rings (SSSR count). The summed E-state index contributed by atoms with van der Waals surface area (Å²) in [5.41, 5.74) is 3.38. The quantitative estimate of drug-likeness (QED) is 0.810. The summed E-state index contributed by atoms with van der Waals surface area (Å²) in [6.07, 6.45) is 2.04. The Morgan fingerprint density at radius 3 is 2.68 bits per heavy atom. The molecule has 96 valence electrons. The van der Waals surface area contributed by atoms with Crippen LogP contribution in [0.5, 0.6) is 0 Å². The standard InChI is InChI=1S/C16H14INO/c17-14-8-4-3-7-13(14)16(19)18-15-10-9-11-5-1-2-6-12(11)15/h1-8,15H,9-10H2,(H,18,19)/t15-/m1/s1. The predicted octanol–water partition coefficient (Wildman–Crippen LogP) is 3.71. The molecule has 2 aromatic rings. The minimum Gasteiger partial charge on any atom is -0.345 e. The number of carbonyl (C=O) groups is 1. The van der Waals surface area contributed by atoms with Crippen LogP contribution in [0, 0.1) is 3.57 Å². The molecule has 1 aliphatic rings. The number of rotatable bonds is 2. The number of halogens is 1. The van der Waals surface area contributed by atoms with E-state index in [1.807, 2.05) is 30.3 Å². The van der Waals surface area contributed by atoms with Gasteiger partial charge >= 0.3 is 0 Å². The minimum absolute atomic E-state index is 0.0201. The summed E-state index contributed by atoms with van der Waals surface area (Å²) < 4.78 is 0.990. The van der Waals surface area contributed by atoms with Gasteiger partial charge in [0.1, 0.15) is 0 Å². The fraction of sp³-hybridized carbons (Fsp3) is 0.188. The van der Waals surface area contributed by atoms with E-state index in [1.54, 1.807) is 0 Å². The van der Waals surface area contributed by atoms with Gasteiger partial charge in [0.15, 0.2) is 0 Å². The average Bonchev–Trinajstić information content (AvgIpc) is 2.83. The number of hydrogen-bond acceptors (Lipinski definition) is 1. The molecule has 0 heterocycles. The number of carbonyl (C=O) groups excluding carboxylic acids is 1. The van der Waals surface area contributed by atoms with Crippen LogP contribution in [0.15, 0.2) is 48.5 Å². The summed E-state index contributed by atoms with van der Waals surface area (Å²) in [4.78, 5) is 12.3. The van der Waals surface area contributed by atoms with Crippen molar-refractivity contribution < 1.29 is 4.79 Å². The molecule has 0 saturated carbocycles. The molecule has 0 aliphatic heterocycles. The lowest BCUT2D eigenvalue weighted by Crippen LogP contribution is -2.27. The number of aryl methyl sites for hydroxylation is 1. The van der Waals surface area contributed by atoms with E-state index in [4.69, 9.17) is 0 Å². The van der Waals surface area contributed by atoms with Crippen LogP contribution >= 0.6 is 22.6 Å². The van der Waals surface area contributed by atoms with E-state index >= 15 is 0 Å². The molecule has 2 nitrogen and oxygen atoms in total. The molecule has 1 aliphatic carbocycles. The maximum atomic E-state index is 12.3. The molecule has 0 unspecified atom stereocenters. The van der Waals surface area contributed by atoms with Crippen LogP contribution in [0.3, 0.4) is 0 Å². The van der Waals surface area contributed by atoms with Crippen molar-refractivity contribution in [2.24, 2.45) is 0 Å². The van der Waals surface area contributed by atoms with Crippen LogP contribution in [0.25, 0.3) is 0 Å². The molecule has 0 saturated heterocycles. The lowest BCUT2D eigenvalue weighted by Gasteiger charge is -2.14. The first-order chi connectivity index (χ1) is 9.25. The summed E-state index contributed by atoms with van der Waals surface area (Å²) in [5, 5.41) is 3.15. The van der Waals surface area contributed by atoms with Crippen molar-refractivity contribution in [1.82, 2.24) is 5.32 Å². The molecule has 1 N–H and O–H groups in total. The van der Waals surface area contributed by atoms with Crippen molar-refractivity contribution in [3.8, 4) is 0 Å². The third kappa shape index (κ3) is 2.52. The van der Waals surface area contributed by atoms with E-state index < -0.39 is 0 Å². The highest BCUT2D eigenvalue weighted by Gasteiger charge is 2.24. The zero-order chi connectivity index (χ0) is 13.2. The van der Waals surface area contributed by atoms with Crippen LogP contribution < -0.4 is 5.32 Å². The van der Waals surface area contributed by atoms with Gasteiger partial charge in [0.05, 0.1) is 11.6 Å². The molecule has 0 fully saturated rings. The van der Waals surface area contributed by atoms with Crippen LogP contribution in [0.1, 0.15) is 33.9 Å². The summed E-state index contributed by atoms with van der Waals surface area (Å²) in [5.74, 6) is 0.0201. The smallest absolute Gasteiger partial charge is 0.252 e. The van der Waals surface area contributed by atoms with E-state index in [-0.39, 0.29) is 11.9 Å². The molecular formula is C16H14INO. The number of amides is 1. The maximum Gasteiger partial charge on any atom is 0.252 e. The van der Waals surface area contributed by atoms with Gasteiger partial charge in [0.25, 0.3) is 5.91 Å².